The third-order valence-corrected chi connectivity index (χ3v) is 4.39. The fourth-order valence-corrected chi connectivity index (χ4v) is 2.33. The standard InChI is InChI=1S/C12H15BBrNO5/c1-11(2)12(3,4)20-13(19-11)7-5-8(14)10(16)9(6-7)15(17)18/h5-6,16H,1-4H3. The minimum atomic E-state index is -0.712. The average Bonchev–Trinajstić information content (AvgIpc) is 2.51. The van der Waals surface area contributed by atoms with Gasteiger partial charge >= 0.3 is 12.8 Å². The molecular weight excluding hydrogens is 329 g/mol. The zero-order valence-corrected chi connectivity index (χ0v) is 13.2. The zero-order chi connectivity index (χ0) is 15.3. The quantitative estimate of drug-likeness (QED) is 0.506. The molecule has 1 fully saturated rings. The van der Waals surface area contributed by atoms with Crippen molar-refractivity contribution in [1.82, 2.24) is 0 Å². The number of nitro benzene ring substituents is 1. The van der Waals surface area contributed by atoms with E-state index in [1.165, 1.54) is 6.07 Å². The monoisotopic (exact) mass is 343 g/mol. The first-order chi connectivity index (χ1) is 9.05. The summed E-state index contributed by atoms with van der Waals surface area (Å²) in [4.78, 5) is 10.3. The van der Waals surface area contributed by atoms with Crippen LogP contribution in [0.15, 0.2) is 16.6 Å². The summed E-state index contributed by atoms with van der Waals surface area (Å²) in [5.74, 6) is -0.407. The molecule has 1 aromatic rings. The molecule has 2 rings (SSSR count). The van der Waals surface area contributed by atoms with Gasteiger partial charge in [0, 0.05) is 6.07 Å². The second-order valence-electron chi connectivity index (χ2n) is 5.72. The van der Waals surface area contributed by atoms with Crippen molar-refractivity contribution in [3.63, 3.8) is 0 Å². The van der Waals surface area contributed by atoms with Crippen molar-refractivity contribution in [2.24, 2.45) is 0 Å². The molecule has 1 aliphatic rings. The van der Waals surface area contributed by atoms with Crippen LogP contribution in [0.4, 0.5) is 5.69 Å². The van der Waals surface area contributed by atoms with Gasteiger partial charge in [-0.1, -0.05) is 0 Å². The lowest BCUT2D eigenvalue weighted by Crippen LogP contribution is -2.41. The maximum Gasteiger partial charge on any atom is 0.495 e. The minimum Gasteiger partial charge on any atom is -0.501 e. The van der Waals surface area contributed by atoms with Crippen LogP contribution in [0.5, 0.6) is 5.75 Å². The number of hydrogen-bond donors (Lipinski definition) is 1. The van der Waals surface area contributed by atoms with Crippen molar-refractivity contribution < 1.29 is 19.3 Å². The van der Waals surface area contributed by atoms with E-state index in [0.717, 1.165) is 0 Å². The van der Waals surface area contributed by atoms with E-state index in [-0.39, 0.29) is 10.2 Å². The highest BCUT2D eigenvalue weighted by atomic mass is 79.9. The molecule has 0 atom stereocenters. The van der Waals surface area contributed by atoms with Crippen molar-refractivity contribution in [2.75, 3.05) is 0 Å². The Hall–Kier alpha value is -1.12. The van der Waals surface area contributed by atoms with Gasteiger partial charge in [-0.15, -0.1) is 0 Å². The molecule has 0 saturated carbocycles. The molecule has 0 bridgehead atoms. The number of aromatic hydroxyl groups is 1. The van der Waals surface area contributed by atoms with Gasteiger partial charge in [0.25, 0.3) is 0 Å². The van der Waals surface area contributed by atoms with Crippen LogP contribution in [0.2, 0.25) is 0 Å². The fraction of sp³-hybridized carbons (Fsp3) is 0.500. The Bertz CT molecular complexity index is 559. The van der Waals surface area contributed by atoms with E-state index >= 15 is 0 Å². The number of benzene rings is 1. The van der Waals surface area contributed by atoms with Gasteiger partial charge in [0.15, 0.2) is 0 Å². The summed E-state index contributed by atoms with van der Waals surface area (Å²) in [7, 11) is -0.712. The first kappa shape index (κ1) is 15.3. The summed E-state index contributed by atoms with van der Waals surface area (Å²) in [6, 6.07) is 2.83. The van der Waals surface area contributed by atoms with E-state index in [1.807, 2.05) is 27.7 Å². The molecule has 0 aliphatic carbocycles. The number of phenolic OH excluding ortho intramolecular Hbond substituents is 1. The Morgan fingerprint density at radius 3 is 2.20 bits per heavy atom. The predicted octanol–water partition coefficient (Wildman–Crippen LogP) is 2.36. The molecule has 0 amide bonds. The van der Waals surface area contributed by atoms with Gasteiger partial charge in [-0.3, -0.25) is 10.1 Å². The smallest absolute Gasteiger partial charge is 0.495 e. The van der Waals surface area contributed by atoms with Crippen molar-refractivity contribution in [1.29, 1.82) is 0 Å². The molecule has 0 spiro atoms. The molecule has 20 heavy (non-hydrogen) atoms. The first-order valence-electron chi connectivity index (χ1n) is 6.07. The number of rotatable bonds is 2. The molecule has 8 heteroatoms. The summed E-state index contributed by atoms with van der Waals surface area (Å²) in [5.41, 5.74) is -0.961. The molecule has 1 aliphatic heterocycles. The van der Waals surface area contributed by atoms with Crippen molar-refractivity contribution in [3.8, 4) is 5.75 Å². The number of hydrogen-bond acceptors (Lipinski definition) is 5. The molecule has 0 radical (unpaired) electrons. The lowest BCUT2D eigenvalue weighted by molar-refractivity contribution is -0.385. The SMILES string of the molecule is CC1(C)OB(c2cc(Br)c(O)c([N+](=O)[O-])c2)OC1(C)C. The number of nitro groups is 1. The van der Waals surface area contributed by atoms with Crippen LogP contribution in [-0.2, 0) is 9.31 Å². The van der Waals surface area contributed by atoms with Crippen LogP contribution in [0.25, 0.3) is 0 Å². The van der Waals surface area contributed by atoms with Crippen LogP contribution < -0.4 is 5.46 Å². The Morgan fingerprint density at radius 2 is 1.75 bits per heavy atom. The Labute approximate surface area is 125 Å². The van der Waals surface area contributed by atoms with Crippen LogP contribution in [-0.4, -0.2) is 28.4 Å². The van der Waals surface area contributed by atoms with Crippen LogP contribution in [0, 0.1) is 10.1 Å². The lowest BCUT2D eigenvalue weighted by atomic mass is 9.79. The topological polar surface area (TPSA) is 81.8 Å². The highest BCUT2D eigenvalue weighted by Crippen LogP contribution is 2.38. The molecule has 6 nitrogen and oxygen atoms in total. The van der Waals surface area contributed by atoms with Crippen molar-refractivity contribution in [3.05, 3.63) is 26.7 Å². The van der Waals surface area contributed by atoms with Crippen LogP contribution in [0.1, 0.15) is 27.7 Å². The Balaban J connectivity index is 2.43. The number of phenols is 1. The highest BCUT2D eigenvalue weighted by Gasteiger charge is 2.52. The number of nitrogens with zero attached hydrogens (tertiary/aromatic N) is 1. The van der Waals surface area contributed by atoms with E-state index in [1.54, 1.807) is 6.07 Å². The Morgan fingerprint density at radius 1 is 1.25 bits per heavy atom. The summed E-state index contributed by atoms with van der Waals surface area (Å²) < 4.78 is 11.9. The van der Waals surface area contributed by atoms with E-state index < -0.39 is 29.0 Å². The van der Waals surface area contributed by atoms with Crippen LogP contribution in [0.3, 0.4) is 0 Å². The van der Waals surface area contributed by atoms with Gasteiger partial charge in [-0.2, -0.15) is 0 Å². The van der Waals surface area contributed by atoms with Gasteiger partial charge in [0.05, 0.1) is 20.6 Å². The molecular formula is C12H15BBrNO5. The molecule has 0 aromatic heterocycles. The van der Waals surface area contributed by atoms with Gasteiger partial charge < -0.3 is 14.4 Å². The average molecular weight is 344 g/mol. The van der Waals surface area contributed by atoms with Gasteiger partial charge in [-0.05, 0) is 55.2 Å². The molecule has 0 unspecified atom stereocenters. The van der Waals surface area contributed by atoms with Crippen molar-refractivity contribution in [2.45, 2.75) is 38.9 Å². The second kappa shape index (κ2) is 4.72. The van der Waals surface area contributed by atoms with Crippen LogP contribution >= 0.6 is 15.9 Å². The zero-order valence-electron chi connectivity index (χ0n) is 11.6. The minimum absolute atomic E-state index is 0.233. The number of halogens is 1. The van der Waals surface area contributed by atoms with E-state index in [0.29, 0.717) is 5.46 Å². The largest absolute Gasteiger partial charge is 0.501 e. The van der Waals surface area contributed by atoms with Gasteiger partial charge in [0.1, 0.15) is 0 Å². The fourth-order valence-electron chi connectivity index (χ4n) is 1.86. The molecule has 1 aromatic carbocycles. The van der Waals surface area contributed by atoms with E-state index in [2.05, 4.69) is 15.9 Å². The summed E-state index contributed by atoms with van der Waals surface area (Å²) in [5, 5.41) is 20.6. The van der Waals surface area contributed by atoms with Gasteiger partial charge in [-0.25, -0.2) is 0 Å². The van der Waals surface area contributed by atoms with Crippen molar-refractivity contribution >= 4 is 34.2 Å². The molecule has 1 N–H and O–H groups in total. The third kappa shape index (κ3) is 2.43. The normalized spacial score (nSPS) is 20.1. The molecule has 1 heterocycles. The van der Waals surface area contributed by atoms with E-state index in [9.17, 15) is 15.2 Å². The maximum atomic E-state index is 10.9. The Kier molecular flexibility index (Phi) is 3.60. The summed E-state index contributed by atoms with van der Waals surface area (Å²) in [6.07, 6.45) is 0. The third-order valence-electron chi connectivity index (χ3n) is 3.79. The summed E-state index contributed by atoms with van der Waals surface area (Å²) >= 11 is 3.10. The van der Waals surface area contributed by atoms with E-state index in [4.69, 9.17) is 9.31 Å². The summed E-state index contributed by atoms with van der Waals surface area (Å²) in [6.45, 7) is 7.60. The lowest BCUT2D eigenvalue weighted by Gasteiger charge is -2.32. The second-order valence-corrected chi connectivity index (χ2v) is 6.57. The van der Waals surface area contributed by atoms with Gasteiger partial charge in [0.2, 0.25) is 5.75 Å². The predicted molar refractivity (Wildman–Crippen MR) is 78.2 cm³/mol. The molecule has 108 valence electrons. The highest BCUT2D eigenvalue weighted by molar-refractivity contribution is 9.10. The maximum absolute atomic E-state index is 10.9. The first-order valence-corrected chi connectivity index (χ1v) is 6.87. The molecule has 1 saturated heterocycles.